The van der Waals surface area contributed by atoms with E-state index in [0.717, 1.165) is 32.0 Å². The van der Waals surface area contributed by atoms with Gasteiger partial charge in [0.1, 0.15) is 11.6 Å². The highest BCUT2D eigenvalue weighted by molar-refractivity contribution is 5.95. The molecule has 0 radical (unpaired) electrons. The maximum Gasteiger partial charge on any atom is 0.257 e. The Hall–Kier alpha value is -1.69. The van der Waals surface area contributed by atoms with E-state index >= 15 is 0 Å². The molecular weight excluding hydrogens is 276 g/mol. The van der Waals surface area contributed by atoms with Crippen LogP contribution in [0.3, 0.4) is 0 Å². The van der Waals surface area contributed by atoms with Crippen LogP contribution in [0.15, 0.2) is 12.1 Å². The summed E-state index contributed by atoms with van der Waals surface area (Å²) in [5, 5.41) is 0. The molecule has 2 rings (SSSR count). The fourth-order valence-electron chi connectivity index (χ4n) is 2.74. The molecule has 116 valence electrons. The molecule has 1 amide bonds. The number of rotatable bonds is 2. The third kappa shape index (κ3) is 3.32. The molecule has 0 aliphatic carbocycles. The molecular formula is C15H21F2N3O. The van der Waals surface area contributed by atoms with Crippen LogP contribution < -0.4 is 5.73 Å². The highest BCUT2D eigenvalue weighted by atomic mass is 19.1. The van der Waals surface area contributed by atoms with Crippen molar-refractivity contribution in [1.82, 2.24) is 9.80 Å². The van der Waals surface area contributed by atoms with Crippen molar-refractivity contribution in [2.45, 2.75) is 25.8 Å². The van der Waals surface area contributed by atoms with E-state index in [0.29, 0.717) is 12.6 Å². The van der Waals surface area contributed by atoms with E-state index in [-0.39, 0.29) is 17.3 Å². The fourth-order valence-corrected chi connectivity index (χ4v) is 2.74. The lowest BCUT2D eigenvalue weighted by Crippen LogP contribution is -2.43. The highest BCUT2D eigenvalue weighted by Gasteiger charge is 2.28. The van der Waals surface area contributed by atoms with Gasteiger partial charge in [0.2, 0.25) is 0 Å². The monoisotopic (exact) mass is 297 g/mol. The van der Waals surface area contributed by atoms with Crippen molar-refractivity contribution in [2.75, 3.05) is 32.4 Å². The van der Waals surface area contributed by atoms with E-state index in [1.54, 1.807) is 4.90 Å². The molecule has 0 saturated carbocycles. The minimum Gasteiger partial charge on any atom is -0.396 e. The van der Waals surface area contributed by atoms with E-state index in [4.69, 9.17) is 5.73 Å². The standard InChI is InChI=1S/C15H21F2N3O/c1-3-10-9-19(2)5-4-6-20(10)15(21)11-7-14(18)13(17)8-12(11)16/h7-8,10H,3-6,9,18H2,1-2H3. The number of amides is 1. The topological polar surface area (TPSA) is 49.6 Å². The van der Waals surface area contributed by atoms with Crippen LogP contribution in [0.25, 0.3) is 0 Å². The summed E-state index contributed by atoms with van der Waals surface area (Å²) >= 11 is 0. The largest absolute Gasteiger partial charge is 0.396 e. The first-order chi connectivity index (χ1) is 9.93. The predicted octanol–water partition coefficient (Wildman–Crippen LogP) is 2.10. The van der Waals surface area contributed by atoms with Gasteiger partial charge in [0, 0.05) is 25.2 Å². The molecule has 1 atom stereocenters. The fraction of sp³-hybridized carbons (Fsp3) is 0.533. The van der Waals surface area contributed by atoms with Crippen LogP contribution >= 0.6 is 0 Å². The second-order valence-corrected chi connectivity index (χ2v) is 5.53. The Morgan fingerprint density at radius 3 is 2.71 bits per heavy atom. The van der Waals surface area contributed by atoms with E-state index in [9.17, 15) is 13.6 Å². The van der Waals surface area contributed by atoms with E-state index in [1.807, 2.05) is 14.0 Å². The van der Waals surface area contributed by atoms with Gasteiger partial charge in [-0.1, -0.05) is 6.92 Å². The lowest BCUT2D eigenvalue weighted by molar-refractivity contribution is 0.0671. The van der Waals surface area contributed by atoms with Crippen LogP contribution in [0.5, 0.6) is 0 Å². The Labute approximate surface area is 123 Å². The number of nitrogens with two attached hydrogens (primary N) is 1. The van der Waals surface area contributed by atoms with Crippen molar-refractivity contribution in [1.29, 1.82) is 0 Å². The van der Waals surface area contributed by atoms with Gasteiger partial charge in [0.25, 0.3) is 5.91 Å². The zero-order chi connectivity index (χ0) is 15.6. The van der Waals surface area contributed by atoms with Crippen LogP contribution in [0.4, 0.5) is 14.5 Å². The minimum absolute atomic E-state index is 0.0238. The Bertz CT molecular complexity index is 536. The molecule has 4 nitrogen and oxygen atoms in total. The molecule has 1 aromatic rings. The molecule has 6 heteroatoms. The maximum atomic E-state index is 13.9. The molecule has 1 aromatic carbocycles. The number of hydrogen-bond acceptors (Lipinski definition) is 3. The number of carbonyl (C=O) groups is 1. The summed E-state index contributed by atoms with van der Waals surface area (Å²) in [7, 11) is 2.01. The lowest BCUT2D eigenvalue weighted by Gasteiger charge is -2.30. The molecule has 1 aliphatic rings. The molecule has 1 heterocycles. The Morgan fingerprint density at radius 2 is 2.05 bits per heavy atom. The number of nitrogen functional groups attached to an aromatic ring is 1. The number of carbonyl (C=O) groups excluding carboxylic acids is 1. The molecule has 21 heavy (non-hydrogen) atoms. The third-order valence-corrected chi connectivity index (χ3v) is 3.95. The van der Waals surface area contributed by atoms with E-state index < -0.39 is 17.5 Å². The van der Waals surface area contributed by atoms with Gasteiger partial charge in [0.15, 0.2) is 0 Å². The molecule has 1 unspecified atom stereocenters. The third-order valence-electron chi connectivity index (χ3n) is 3.95. The smallest absolute Gasteiger partial charge is 0.257 e. The number of benzene rings is 1. The number of hydrogen-bond donors (Lipinski definition) is 1. The van der Waals surface area contributed by atoms with Crippen LogP contribution in [0, 0.1) is 11.6 Å². The van der Waals surface area contributed by atoms with Gasteiger partial charge in [-0.15, -0.1) is 0 Å². The zero-order valence-corrected chi connectivity index (χ0v) is 12.4. The number of likely N-dealkylation sites (N-methyl/N-ethyl adjacent to an activating group) is 1. The summed E-state index contributed by atoms with van der Waals surface area (Å²) in [5.41, 5.74) is 5.09. The summed E-state index contributed by atoms with van der Waals surface area (Å²) in [6.45, 7) is 4.22. The number of halogens is 2. The van der Waals surface area contributed by atoms with Crippen molar-refractivity contribution in [3.8, 4) is 0 Å². The van der Waals surface area contributed by atoms with Gasteiger partial charge in [0.05, 0.1) is 11.3 Å². The summed E-state index contributed by atoms with van der Waals surface area (Å²) in [6, 6.07) is 1.79. The van der Waals surface area contributed by atoms with Gasteiger partial charge in [-0.05, 0) is 32.5 Å². The first-order valence-electron chi connectivity index (χ1n) is 7.18. The van der Waals surface area contributed by atoms with Crippen LogP contribution in [-0.2, 0) is 0 Å². The Kier molecular flexibility index (Phi) is 4.77. The molecule has 2 N–H and O–H groups in total. The zero-order valence-electron chi connectivity index (χ0n) is 12.4. The maximum absolute atomic E-state index is 13.9. The average Bonchev–Trinajstić information content (AvgIpc) is 2.63. The lowest BCUT2D eigenvalue weighted by atomic mass is 10.1. The van der Waals surface area contributed by atoms with Crippen LogP contribution in [-0.4, -0.2) is 48.4 Å². The molecule has 0 bridgehead atoms. The van der Waals surface area contributed by atoms with Crippen LogP contribution in [0.2, 0.25) is 0 Å². The molecule has 0 aromatic heterocycles. The highest BCUT2D eigenvalue weighted by Crippen LogP contribution is 2.21. The van der Waals surface area contributed by atoms with Crippen molar-refractivity contribution >= 4 is 11.6 Å². The second kappa shape index (κ2) is 6.39. The summed E-state index contributed by atoms with van der Waals surface area (Å²) in [4.78, 5) is 16.4. The van der Waals surface area contributed by atoms with Gasteiger partial charge in [-0.3, -0.25) is 4.79 Å². The normalized spacial score (nSPS) is 20.4. The van der Waals surface area contributed by atoms with Crippen molar-refractivity contribution in [3.63, 3.8) is 0 Å². The Morgan fingerprint density at radius 1 is 1.33 bits per heavy atom. The second-order valence-electron chi connectivity index (χ2n) is 5.53. The molecule has 1 saturated heterocycles. The number of anilines is 1. The van der Waals surface area contributed by atoms with Gasteiger partial charge < -0.3 is 15.5 Å². The Balaban J connectivity index is 2.31. The van der Waals surface area contributed by atoms with Crippen molar-refractivity contribution in [3.05, 3.63) is 29.3 Å². The summed E-state index contributed by atoms with van der Waals surface area (Å²) in [6.07, 6.45) is 1.62. The molecule has 1 aliphatic heterocycles. The van der Waals surface area contributed by atoms with Gasteiger partial charge >= 0.3 is 0 Å². The average molecular weight is 297 g/mol. The van der Waals surface area contributed by atoms with E-state index in [2.05, 4.69) is 4.90 Å². The predicted molar refractivity (Wildman–Crippen MR) is 78.0 cm³/mol. The van der Waals surface area contributed by atoms with Gasteiger partial charge in [-0.25, -0.2) is 8.78 Å². The quantitative estimate of drug-likeness (QED) is 0.851. The van der Waals surface area contributed by atoms with Gasteiger partial charge in [-0.2, -0.15) is 0 Å². The first kappa shape index (κ1) is 15.7. The minimum atomic E-state index is -0.862. The number of nitrogens with zero attached hydrogens (tertiary/aromatic N) is 2. The van der Waals surface area contributed by atoms with Crippen molar-refractivity contribution in [2.24, 2.45) is 0 Å². The molecule has 1 fully saturated rings. The van der Waals surface area contributed by atoms with Crippen LogP contribution in [0.1, 0.15) is 30.1 Å². The molecule has 0 spiro atoms. The van der Waals surface area contributed by atoms with Crippen molar-refractivity contribution < 1.29 is 13.6 Å². The summed E-state index contributed by atoms with van der Waals surface area (Å²) in [5.74, 6) is -2.12. The SMILES string of the molecule is CCC1CN(C)CCCN1C(=O)c1cc(N)c(F)cc1F. The van der Waals surface area contributed by atoms with E-state index in [1.165, 1.54) is 0 Å². The summed E-state index contributed by atoms with van der Waals surface area (Å²) < 4.78 is 27.1. The first-order valence-corrected chi connectivity index (χ1v) is 7.18.